The predicted molar refractivity (Wildman–Crippen MR) is 68.6 cm³/mol. The molecule has 104 valence electrons. The van der Waals surface area contributed by atoms with E-state index in [1.807, 2.05) is 5.01 Å². The molecule has 0 saturated carbocycles. The molecule has 0 unspecified atom stereocenters. The highest BCUT2D eigenvalue weighted by atomic mass is 16.5. The molecule has 1 aromatic rings. The molecule has 2 heterocycles. The molecule has 2 rings (SSSR count). The SMILES string of the molecule is CCN1CCN(n2ccnc2C(=O)C(=O)OC)CC1. The number of methoxy groups -OCH3 is 1. The summed E-state index contributed by atoms with van der Waals surface area (Å²) in [6.07, 6.45) is 3.21. The van der Waals surface area contributed by atoms with Crippen LogP contribution in [-0.2, 0) is 9.53 Å². The average Bonchev–Trinajstić information content (AvgIpc) is 2.95. The summed E-state index contributed by atoms with van der Waals surface area (Å²) >= 11 is 0. The number of carbonyl (C=O) groups is 2. The second-order valence-corrected chi connectivity index (χ2v) is 4.30. The van der Waals surface area contributed by atoms with Crippen LogP contribution in [0.4, 0.5) is 0 Å². The van der Waals surface area contributed by atoms with Crippen molar-refractivity contribution in [1.29, 1.82) is 0 Å². The van der Waals surface area contributed by atoms with Gasteiger partial charge >= 0.3 is 11.8 Å². The van der Waals surface area contributed by atoms with Crippen molar-refractivity contribution < 1.29 is 14.3 Å². The van der Waals surface area contributed by atoms with Gasteiger partial charge in [-0.15, -0.1) is 0 Å². The Bertz CT molecular complexity index is 463. The van der Waals surface area contributed by atoms with Crippen LogP contribution in [0.5, 0.6) is 0 Å². The van der Waals surface area contributed by atoms with Crippen LogP contribution in [0.1, 0.15) is 17.5 Å². The molecular weight excluding hydrogens is 248 g/mol. The zero-order chi connectivity index (χ0) is 13.8. The van der Waals surface area contributed by atoms with Gasteiger partial charge in [-0.3, -0.25) is 9.69 Å². The lowest BCUT2D eigenvalue weighted by atomic mass is 10.3. The number of imidazole rings is 1. The van der Waals surface area contributed by atoms with E-state index in [1.165, 1.54) is 13.3 Å². The molecule has 0 aliphatic carbocycles. The molecular formula is C12H18N4O3. The third kappa shape index (κ3) is 2.76. The molecule has 0 atom stereocenters. The number of hydrogen-bond acceptors (Lipinski definition) is 6. The van der Waals surface area contributed by atoms with E-state index in [4.69, 9.17) is 0 Å². The first-order chi connectivity index (χ1) is 9.17. The summed E-state index contributed by atoms with van der Waals surface area (Å²) in [5.41, 5.74) is 0. The van der Waals surface area contributed by atoms with Gasteiger partial charge in [0.2, 0.25) is 5.82 Å². The van der Waals surface area contributed by atoms with Gasteiger partial charge in [0.1, 0.15) is 0 Å². The van der Waals surface area contributed by atoms with Crippen molar-refractivity contribution in [3.05, 3.63) is 18.2 Å². The van der Waals surface area contributed by atoms with E-state index in [9.17, 15) is 9.59 Å². The molecule has 0 radical (unpaired) electrons. The van der Waals surface area contributed by atoms with E-state index in [0.717, 1.165) is 32.7 Å². The average molecular weight is 266 g/mol. The van der Waals surface area contributed by atoms with Gasteiger partial charge in [0.25, 0.3) is 0 Å². The number of rotatable bonds is 4. The maximum atomic E-state index is 11.8. The van der Waals surface area contributed by atoms with Crippen LogP contribution in [0.25, 0.3) is 0 Å². The van der Waals surface area contributed by atoms with Crippen molar-refractivity contribution in [3.63, 3.8) is 0 Å². The third-order valence-corrected chi connectivity index (χ3v) is 3.30. The maximum absolute atomic E-state index is 11.8. The van der Waals surface area contributed by atoms with Crippen LogP contribution < -0.4 is 5.01 Å². The van der Waals surface area contributed by atoms with Gasteiger partial charge in [-0.25, -0.2) is 14.5 Å². The van der Waals surface area contributed by atoms with E-state index in [1.54, 1.807) is 10.9 Å². The van der Waals surface area contributed by atoms with E-state index in [0.29, 0.717) is 0 Å². The van der Waals surface area contributed by atoms with Crippen LogP contribution in [0.15, 0.2) is 12.4 Å². The predicted octanol–water partition coefficient (Wildman–Crippen LogP) is -0.488. The molecule has 1 aliphatic heterocycles. The number of esters is 1. The Labute approximate surface area is 111 Å². The van der Waals surface area contributed by atoms with Gasteiger partial charge in [-0.2, -0.15) is 0 Å². The number of likely N-dealkylation sites (N-methyl/N-ethyl adjacent to an activating group) is 1. The van der Waals surface area contributed by atoms with Crippen molar-refractivity contribution in [1.82, 2.24) is 14.6 Å². The van der Waals surface area contributed by atoms with Crippen molar-refractivity contribution in [2.45, 2.75) is 6.92 Å². The van der Waals surface area contributed by atoms with Crippen molar-refractivity contribution >= 4 is 11.8 Å². The van der Waals surface area contributed by atoms with Crippen LogP contribution in [-0.4, -0.2) is 66.1 Å². The van der Waals surface area contributed by atoms with Crippen LogP contribution in [0, 0.1) is 0 Å². The minimum absolute atomic E-state index is 0.108. The number of ketones is 1. The number of piperazine rings is 1. The number of aromatic nitrogens is 2. The smallest absolute Gasteiger partial charge is 0.382 e. The van der Waals surface area contributed by atoms with Gasteiger partial charge in [0, 0.05) is 38.6 Å². The van der Waals surface area contributed by atoms with Crippen molar-refractivity contribution in [2.75, 3.05) is 44.8 Å². The molecule has 1 aliphatic rings. The number of carbonyl (C=O) groups excluding carboxylic acids is 2. The maximum Gasteiger partial charge on any atom is 0.382 e. The fourth-order valence-corrected chi connectivity index (χ4v) is 2.14. The summed E-state index contributed by atoms with van der Waals surface area (Å²) < 4.78 is 6.09. The summed E-state index contributed by atoms with van der Waals surface area (Å²) in [6.45, 7) is 6.60. The Morgan fingerprint density at radius 2 is 2.00 bits per heavy atom. The molecule has 1 aromatic heterocycles. The summed E-state index contributed by atoms with van der Waals surface area (Å²) in [5.74, 6) is -1.50. The number of Topliss-reactive ketones (excluding diaryl/α,β-unsaturated/α-hetero) is 1. The zero-order valence-corrected chi connectivity index (χ0v) is 11.2. The molecule has 19 heavy (non-hydrogen) atoms. The molecule has 7 nitrogen and oxygen atoms in total. The van der Waals surface area contributed by atoms with Crippen LogP contribution in [0.2, 0.25) is 0 Å². The van der Waals surface area contributed by atoms with Crippen molar-refractivity contribution in [3.8, 4) is 0 Å². The number of ether oxygens (including phenoxy) is 1. The molecule has 0 bridgehead atoms. The highest BCUT2D eigenvalue weighted by molar-refractivity contribution is 6.39. The van der Waals surface area contributed by atoms with Gasteiger partial charge in [-0.1, -0.05) is 6.92 Å². The van der Waals surface area contributed by atoms with Crippen LogP contribution in [0.3, 0.4) is 0 Å². The Kier molecular flexibility index (Phi) is 4.16. The molecule has 1 fully saturated rings. The Morgan fingerprint density at radius 1 is 1.32 bits per heavy atom. The highest BCUT2D eigenvalue weighted by Crippen LogP contribution is 2.06. The lowest BCUT2D eigenvalue weighted by molar-refractivity contribution is -0.135. The number of nitrogens with zero attached hydrogens (tertiary/aromatic N) is 4. The van der Waals surface area contributed by atoms with E-state index in [-0.39, 0.29) is 5.82 Å². The quantitative estimate of drug-likeness (QED) is 0.416. The van der Waals surface area contributed by atoms with E-state index < -0.39 is 11.8 Å². The zero-order valence-electron chi connectivity index (χ0n) is 11.2. The van der Waals surface area contributed by atoms with Gasteiger partial charge in [-0.05, 0) is 6.54 Å². The van der Waals surface area contributed by atoms with E-state index in [2.05, 4.69) is 21.5 Å². The molecule has 0 spiro atoms. The minimum Gasteiger partial charge on any atom is -0.463 e. The lowest BCUT2D eigenvalue weighted by Gasteiger charge is -2.36. The van der Waals surface area contributed by atoms with Crippen molar-refractivity contribution in [2.24, 2.45) is 0 Å². The fourth-order valence-electron chi connectivity index (χ4n) is 2.14. The van der Waals surface area contributed by atoms with Gasteiger partial charge in [0.15, 0.2) is 0 Å². The molecule has 7 heteroatoms. The lowest BCUT2D eigenvalue weighted by Crippen LogP contribution is -2.51. The molecule has 0 amide bonds. The fraction of sp³-hybridized carbons (Fsp3) is 0.583. The standard InChI is InChI=1S/C12H18N4O3/c1-3-14-6-8-15(9-7-14)16-5-4-13-11(16)10(17)12(18)19-2/h4-5H,3,6-9H2,1-2H3. The first kappa shape index (κ1) is 13.5. The summed E-state index contributed by atoms with van der Waals surface area (Å²) in [6, 6.07) is 0. The topological polar surface area (TPSA) is 67.7 Å². The Balaban J connectivity index is 2.12. The molecule has 0 N–H and O–H groups in total. The number of hydrogen-bond donors (Lipinski definition) is 0. The van der Waals surface area contributed by atoms with E-state index >= 15 is 0 Å². The first-order valence-electron chi connectivity index (χ1n) is 6.31. The third-order valence-electron chi connectivity index (χ3n) is 3.30. The summed E-state index contributed by atoms with van der Waals surface area (Å²) in [4.78, 5) is 29.4. The summed E-state index contributed by atoms with van der Waals surface area (Å²) in [5, 5.41) is 2.01. The largest absolute Gasteiger partial charge is 0.463 e. The Morgan fingerprint density at radius 3 is 2.58 bits per heavy atom. The van der Waals surface area contributed by atoms with Crippen LogP contribution >= 0.6 is 0 Å². The molecule has 1 saturated heterocycles. The Hall–Kier alpha value is -1.89. The van der Waals surface area contributed by atoms with Gasteiger partial charge < -0.3 is 9.75 Å². The second-order valence-electron chi connectivity index (χ2n) is 4.30. The summed E-state index contributed by atoms with van der Waals surface area (Å²) in [7, 11) is 1.19. The second kappa shape index (κ2) is 5.83. The monoisotopic (exact) mass is 266 g/mol. The molecule has 0 aromatic carbocycles. The highest BCUT2D eigenvalue weighted by Gasteiger charge is 2.25. The van der Waals surface area contributed by atoms with Gasteiger partial charge in [0.05, 0.1) is 7.11 Å². The first-order valence-corrected chi connectivity index (χ1v) is 6.31. The minimum atomic E-state index is -0.889. The normalized spacial score (nSPS) is 16.4.